The molecule has 0 saturated heterocycles. The Bertz CT molecular complexity index is 236. The summed E-state index contributed by atoms with van der Waals surface area (Å²) in [5, 5.41) is 7.58. The Hall–Kier alpha value is -0.570. The highest BCUT2D eigenvalue weighted by Crippen LogP contribution is 2.22. The molecule has 3 heteroatoms. The molecular weight excluding hydrogens is 222 g/mol. The van der Waals surface area contributed by atoms with Crippen LogP contribution in [-0.4, -0.2) is 29.9 Å². The van der Waals surface area contributed by atoms with Gasteiger partial charge in [-0.05, 0) is 45.7 Å². The minimum absolute atomic E-state index is 0.147. The molecule has 1 unspecified atom stereocenters. The van der Waals surface area contributed by atoms with Gasteiger partial charge >= 0.3 is 0 Å². The Balaban J connectivity index is 4.14. The van der Waals surface area contributed by atoms with Gasteiger partial charge in [0.15, 0.2) is 0 Å². The van der Waals surface area contributed by atoms with Gasteiger partial charge in [0.25, 0.3) is 0 Å². The summed E-state index contributed by atoms with van der Waals surface area (Å²) in [4.78, 5) is 2.58. The molecule has 3 N–H and O–H groups in total. The first-order valence-corrected chi connectivity index (χ1v) is 7.43. The zero-order valence-corrected chi connectivity index (χ0v) is 13.1. The van der Waals surface area contributed by atoms with Crippen molar-refractivity contribution in [2.24, 2.45) is 11.1 Å². The molecule has 3 nitrogen and oxygen atoms in total. The number of unbranched alkanes of at least 4 members (excludes halogenated alkanes) is 1. The molecule has 0 aliphatic carbocycles. The maximum atomic E-state index is 7.58. The molecule has 18 heavy (non-hydrogen) atoms. The van der Waals surface area contributed by atoms with Crippen molar-refractivity contribution in [2.75, 3.05) is 13.1 Å². The summed E-state index contributed by atoms with van der Waals surface area (Å²) in [6.07, 6.45) is 5.87. The first-order chi connectivity index (χ1) is 8.35. The minimum atomic E-state index is -0.147. The number of hydrogen-bond acceptors (Lipinski definition) is 2. The van der Waals surface area contributed by atoms with E-state index in [2.05, 4.69) is 39.5 Å². The van der Waals surface area contributed by atoms with Gasteiger partial charge in [-0.15, -0.1) is 0 Å². The fraction of sp³-hybridized carbons (Fsp3) is 0.933. The topological polar surface area (TPSA) is 53.1 Å². The van der Waals surface area contributed by atoms with Crippen molar-refractivity contribution in [3.8, 4) is 0 Å². The lowest BCUT2D eigenvalue weighted by Gasteiger charge is -2.30. The van der Waals surface area contributed by atoms with E-state index in [1.807, 2.05) is 0 Å². The lowest BCUT2D eigenvalue weighted by atomic mass is 9.86. The molecule has 108 valence electrons. The maximum absolute atomic E-state index is 7.58. The monoisotopic (exact) mass is 255 g/mol. The van der Waals surface area contributed by atoms with Gasteiger partial charge in [-0.1, -0.05) is 34.1 Å². The second-order valence-corrected chi connectivity index (χ2v) is 6.05. The van der Waals surface area contributed by atoms with Crippen LogP contribution in [0.25, 0.3) is 0 Å². The molecule has 0 aromatic heterocycles. The van der Waals surface area contributed by atoms with Crippen LogP contribution in [0.4, 0.5) is 0 Å². The van der Waals surface area contributed by atoms with Crippen LogP contribution in [0, 0.1) is 10.8 Å². The van der Waals surface area contributed by atoms with Crippen LogP contribution in [-0.2, 0) is 0 Å². The average molecular weight is 255 g/mol. The second-order valence-electron chi connectivity index (χ2n) is 6.05. The molecule has 0 heterocycles. The molecule has 0 amide bonds. The molecule has 0 aliphatic rings. The third kappa shape index (κ3) is 6.39. The molecule has 0 radical (unpaired) electrons. The van der Waals surface area contributed by atoms with Crippen molar-refractivity contribution in [3.05, 3.63) is 0 Å². The van der Waals surface area contributed by atoms with Crippen LogP contribution in [0.1, 0.15) is 66.7 Å². The molecule has 0 spiro atoms. The Morgan fingerprint density at radius 2 is 1.78 bits per heavy atom. The molecule has 1 atom stereocenters. The fourth-order valence-electron chi connectivity index (χ4n) is 2.03. The molecule has 0 aromatic carbocycles. The van der Waals surface area contributed by atoms with Crippen molar-refractivity contribution in [2.45, 2.75) is 72.8 Å². The van der Waals surface area contributed by atoms with Crippen LogP contribution < -0.4 is 5.73 Å². The molecule has 0 aromatic rings. The molecule has 0 rings (SSSR count). The second kappa shape index (κ2) is 8.52. The van der Waals surface area contributed by atoms with Gasteiger partial charge < -0.3 is 10.6 Å². The maximum Gasteiger partial charge on any atom is 0.0963 e. The van der Waals surface area contributed by atoms with Gasteiger partial charge in [-0.2, -0.15) is 0 Å². The first-order valence-electron chi connectivity index (χ1n) is 7.43. The lowest BCUT2D eigenvalue weighted by Crippen LogP contribution is -2.36. The summed E-state index contributed by atoms with van der Waals surface area (Å²) >= 11 is 0. The first kappa shape index (κ1) is 17.4. The average Bonchev–Trinajstić information content (AvgIpc) is 2.32. The number of amidine groups is 1. The van der Waals surface area contributed by atoms with E-state index in [0.717, 1.165) is 19.4 Å². The third-order valence-corrected chi connectivity index (χ3v) is 3.99. The van der Waals surface area contributed by atoms with E-state index < -0.39 is 0 Å². The highest BCUT2D eigenvalue weighted by Gasteiger charge is 2.21. The fourth-order valence-corrected chi connectivity index (χ4v) is 2.03. The molecule has 0 aliphatic heterocycles. The van der Waals surface area contributed by atoms with E-state index in [9.17, 15) is 0 Å². The number of hydrogen-bond donors (Lipinski definition) is 2. The van der Waals surface area contributed by atoms with Crippen molar-refractivity contribution in [1.29, 1.82) is 5.41 Å². The summed E-state index contributed by atoms with van der Waals surface area (Å²) < 4.78 is 0. The number of rotatable bonds is 10. The van der Waals surface area contributed by atoms with Crippen molar-refractivity contribution < 1.29 is 0 Å². The van der Waals surface area contributed by atoms with Gasteiger partial charge in [0, 0.05) is 11.5 Å². The highest BCUT2D eigenvalue weighted by molar-refractivity contribution is 5.82. The minimum Gasteiger partial charge on any atom is -0.387 e. The summed E-state index contributed by atoms with van der Waals surface area (Å²) in [6.45, 7) is 13.3. The van der Waals surface area contributed by atoms with Gasteiger partial charge in [-0.3, -0.25) is 5.41 Å². The Labute approximate surface area is 114 Å². The smallest absolute Gasteiger partial charge is 0.0963 e. The SMILES string of the molecule is CCCCN(CCCC(C)(C)C(=N)N)C(C)CC. The van der Waals surface area contributed by atoms with Crippen molar-refractivity contribution >= 4 is 5.84 Å². The summed E-state index contributed by atoms with van der Waals surface area (Å²) in [5.74, 6) is 0.311. The molecular formula is C15H33N3. The summed E-state index contributed by atoms with van der Waals surface area (Å²) in [6, 6.07) is 0.664. The molecule has 0 bridgehead atoms. The largest absolute Gasteiger partial charge is 0.387 e. The van der Waals surface area contributed by atoms with E-state index >= 15 is 0 Å². The Kier molecular flexibility index (Phi) is 8.25. The highest BCUT2D eigenvalue weighted by atomic mass is 15.1. The van der Waals surface area contributed by atoms with Gasteiger partial charge in [0.2, 0.25) is 0 Å². The van der Waals surface area contributed by atoms with E-state index in [0.29, 0.717) is 11.9 Å². The van der Waals surface area contributed by atoms with Crippen molar-refractivity contribution in [1.82, 2.24) is 4.90 Å². The lowest BCUT2D eigenvalue weighted by molar-refractivity contribution is 0.191. The molecule has 0 fully saturated rings. The van der Waals surface area contributed by atoms with Gasteiger partial charge in [0.05, 0.1) is 5.84 Å². The zero-order chi connectivity index (χ0) is 14.2. The van der Waals surface area contributed by atoms with Crippen molar-refractivity contribution in [3.63, 3.8) is 0 Å². The van der Waals surface area contributed by atoms with E-state index in [1.54, 1.807) is 0 Å². The zero-order valence-electron chi connectivity index (χ0n) is 13.1. The Morgan fingerprint density at radius 1 is 1.22 bits per heavy atom. The normalized spacial score (nSPS) is 13.9. The van der Waals surface area contributed by atoms with Crippen LogP contribution in [0.15, 0.2) is 0 Å². The predicted molar refractivity (Wildman–Crippen MR) is 81.2 cm³/mol. The number of nitrogens with zero attached hydrogens (tertiary/aromatic N) is 1. The van der Waals surface area contributed by atoms with Gasteiger partial charge in [0.1, 0.15) is 0 Å². The third-order valence-electron chi connectivity index (χ3n) is 3.99. The van der Waals surface area contributed by atoms with E-state index in [-0.39, 0.29) is 5.41 Å². The van der Waals surface area contributed by atoms with Crippen LogP contribution in [0.2, 0.25) is 0 Å². The number of nitrogens with one attached hydrogen (secondary N) is 1. The molecule has 0 saturated carbocycles. The summed E-state index contributed by atoms with van der Waals surface area (Å²) in [7, 11) is 0. The standard InChI is InChI=1S/C15H33N3/c1-6-8-11-18(13(3)7-2)12-9-10-15(4,5)14(16)17/h13H,6-12H2,1-5H3,(H3,16,17). The summed E-state index contributed by atoms with van der Waals surface area (Å²) in [5.41, 5.74) is 5.48. The van der Waals surface area contributed by atoms with Crippen LogP contribution in [0.3, 0.4) is 0 Å². The van der Waals surface area contributed by atoms with Gasteiger partial charge in [-0.25, -0.2) is 0 Å². The quantitative estimate of drug-likeness (QED) is 0.462. The van der Waals surface area contributed by atoms with E-state index in [1.165, 1.54) is 25.8 Å². The van der Waals surface area contributed by atoms with E-state index in [4.69, 9.17) is 11.1 Å². The van der Waals surface area contributed by atoms with Crippen LogP contribution >= 0.6 is 0 Å². The van der Waals surface area contributed by atoms with Crippen LogP contribution in [0.5, 0.6) is 0 Å². The number of nitrogens with two attached hydrogens (primary N) is 1. The predicted octanol–water partition coefficient (Wildman–Crippen LogP) is 3.63. The Morgan fingerprint density at radius 3 is 2.22 bits per heavy atom.